The van der Waals surface area contributed by atoms with Crippen molar-refractivity contribution >= 4 is 11.9 Å². The fraction of sp³-hybridized carbons (Fsp3) is 0.800. The molecule has 1 aliphatic heterocycles. The first kappa shape index (κ1) is 12.0. The van der Waals surface area contributed by atoms with E-state index >= 15 is 0 Å². The molecule has 0 saturated carbocycles. The maximum absolute atomic E-state index is 10.8. The minimum Gasteiger partial charge on any atom is -0.463 e. The second-order valence-corrected chi connectivity index (χ2v) is 3.98. The molecule has 0 aromatic rings. The van der Waals surface area contributed by atoms with Crippen molar-refractivity contribution in [2.24, 2.45) is 0 Å². The molecule has 1 saturated heterocycles. The largest absolute Gasteiger partial charge is 0.463 e. The molecule has 86 valence electrons. The van der Waals surface area contributed by atoms with Gasteiger partial charge in [0.1, 0.15) is 12.2 Å². The lowest BCUT2D eigenvalue weighted by Gasteiger charge is -2.21. The van der Waals surface area contributed by atoms with Gasteiger partial charge in [-0.25, -0.2) is 0 Å². The Kier molecular flexibility index (Phi) is 3.68. The Hall–Kier alpha value is -1.10. The van der Waals surface area contributed by atoms with E-state index in [0.29, 0.717) is 13.0 Å². The third-order valence-electron chi connectivity index (χ3n) is 2.15. The summed E-state index contributed by atoms with van der Waals surface area (Å²) < 4.78 is 15.3. The van der Waals surface area contributed by atoms with Crippen LogP contribution < -0.4 is 0 Å². The van der Waals surface area contributed by atoms with Crippen LogP contribution in [0.5, 0.6) is 0 Å². The van der Waals surface area contributed by atoms with E-state index in [1.165, 1.54) is 13.8 Å². The zero-order chi connectivity index (χ0) is 11.5. The van der Waals surface area contributed by atoms with Gasteiger partial charge in [0.15, 0.2) is 0 Å². The SMILES string of the molecule is CC(=O)OC[C@@H]1C[C@](C)(OC(C)=O)CO1. The molecule has 0 spiro atoms. The van der Waals surface area contributed by atoms with E-state index < -0.39 is 5.60 Å². The van der Waals surface area contributed by atoms with Crippen molar-refractivity contribution < 1.29 is 23.8 Å². The second-order valence-electron chi connectivity index (χ2n) is 3.98. The van der Waals surface area contributed by atoms with Crippen molar-refractivity contribution in [1.29, 1.82) is 0 Å². The Morgan fingerprint density at radius 3 is 2.60 bits per heavy atom. The summed E-state index contributed by atoms with van der Waals surface area (Å²) in [6, 6.07) is 0. The minimum atomic E-state index is -0.587. The third-order valence-corrected chi connectivity index (χ3v) is 2.15. The molecule has 5 heteroatoms. The van der Waals surface area contributed by atoms with Crippen molar-refractivity contribution in [3.05, 3.63) is 0 Å². The fourth-order valence-electron chi connectivity index (χ4n) is 1.63. The molecule has 0 amide bonds. The Bertz CT molecular complexity index is 263. The van der Waals surface area contributed by atoms with Crippen LogP contribution in [-0.2, 0) is 23.8 Å². The van der Waals surface area contributed by atoms with Gasteiger partial charge in [-0.05, 0) is 6.92 Å². The van der Waals surface area contributed by atoms with Gasteiger partial charge in [-0.2, -0.15) is 0 Å². The van der Waals surface area contributed by atoms with Crippen molar-refractivity contribution in [3.63, 3.8) is 0 Å². The second kappa shape index (κ2) is 4.61. The topological polar surface area (TPSA) is 61.8 Å². The molecule has 0 aliphatic carbocycles. The molecular weight excluding hydrogens is 200 g/mol. The lowest BCUT2D eigenvalue weighted by Crippen LogP contribution is -2.31. The summed E-state index contributed by atoms with van der Waals surface area (Å²) in [7, 11) is 0. The molecule has 5 nitrogen and oxygen atoms in total. The molecule has 0 bridgehead atoms. The third kappa shape index (κ3) is 3.87. The molecule has 0 aromatic heterocycles. The summed E-state index contributed by atoms with van der Waals surface area (Å²) in [6.07, 6.45) is 0.373. The smallest absolute Gasteiger partial charge is 0.303 e. The Morgan fingerprint density at radius 1 is 1.40 bits per heavy atom. The van der Waals surface area contributed by atoms with Gasteiger partial charge in [0.05, 0.1) is 12.7 Å². The van der Waals surface area contributed by atoms with Crippen molar-refractivity contribution in [2.75, 3.05) is 13.2 Å². The van der Waals surface area contributed by atoms with Gasteiger partial charge in [0, 0.05) is 20.3 Å². The molecule has 2 atom stereocenters. The van der Waals surface area contributed by atoms with Crippen LogP contribution in [0.4, 0.5) is 0 Å². The maximum atomic E-state index is 10.8. The lowest BCUT2D eigenvalue weighted by molar-refractivity contribution is -0.155. The first-order valence-corrected chi connectivity index (χ1v) is 4.86. The quantitative estimate of drug-likeness (QED) is 0.648. The standard InChI is InChI=1S/C10H16O5/c1-7(11)13-5-9-4-10(3,6-14-9)15-8(2)12/h9H,4-6H2,1-3H3/t9-,10-/m0/s1. The van der Waals surface area contributed by atoms with Gasteiger partial charge >= 0.3 is 11.9 Å². The van der Waals surface area contributed by atoms with E-state index in [-0.39, 0.29) is 24.6 Å². The monoisotopic (exact) mass is 216 g/mol. The van der Waals surface area contributed by atoms with Crippen LogP contribution >= 0.6 is 0 Å². The fourth-order valence-corrected chi connectivity index (χ4v) is 1.63. The minimum absolute atomic E-state index is 0.182. The highest BCUT2D eigenvalue weighted by Gasteiger charge is 2.39. The number of hydrogen-bond acceptors (Lipinski definition) is 5. The summed E-state index contributed by atoms with van der Waals surface area (Å²) in [6.45, 7) is 5.08. The lowest BCUT2D eigenvalue weighted by atomic mass is 10.0. The van der Waals surface area contributed by atoms with E-state index in [2.05, 4.69) is 0 Å². The van der Waals surface area contributed by atoms with E-state index in [1.54, 1.807) is 0 Å². The van der Waals surface area contributed by atoms with E-state index in [1.807, 2.05) is 6.92 Å². The molecular formula is C10H16O5. The average molecular weight is 216 g/mol. The zero-order valence-electron chi connectivity index (χ0n) is 9.24. The molecule has 1 heterocycles. The Morgan fingerprint density at radius 2 is 2.07 bits per heavy atom. The first-order chi connectivity index (χ1) is 6.91. The number of carbonyl (C=O) groups excluding carboxylic acids is 2. The maximum Gasteiger partial charge on any atom is 0.303 e. The molecule has 0 aromatic carbocycles. The number of hydrogen-bond donors (Lipinski definition) is 0. The van der Waals surface area contributed by atoms with Crippen LogP contribution in [0.1, 0.15) is 27.2 Å². The van der Waals surface area contributed by atoms with E-state index in [9.17, 15) is 9.59 Å². The molecule has 0 N–H and O–H groups in total. The van der Waals surface area contributed by atoms with Gasteiger partial charge < -0.3 is 14.2 Å². The number of rotatable bonds is 3. The van der Waals surface area contributed by atoms with Gasteiger partial charge in [0.25, 0.3) is 0 Å². The van der Waals surface area contributed by atoms with Gasteiger partial charge in [-0.3, -0.25) is 9.59 Å². The van der Waals surface area contributed by atoms with E-state index in [0.717, 1.165) is 0 Å². The summed E-state index contributed by atoms with van der Waals surface area (Å²) in [4.78, 5) is 21.4. The van der Waals surface area contributed by atoms with Crippen LogP contribution in [0.15, 0.2) is 0 Å². The molecule has 0 radical (unpaired) electrons. The Balaban J connectivity index is 2.37. The summed E-state index contributed by atoms with van der Waals surface area (Å²) in [5, 5.41) is 0. The molecule has 1 aliphatic rings. The van der Waals surface area contributed by atoms with Gasteiger partial charge in [0.2, 0.25) is 0 Å². The molecule has 0 unspecified atom stereocenters. The summed E-state index contributed by atoms with van der Waals surface area (Å²) in [5.74, 6) is -0.658. The number of ether oxygens (including phenoxy) is 3. The average Bonchev–Trinajstić information content (AvgIpc) is 2.42. The van der Waals surface area contributed by atoms with Gasteiger partial charge in [-0.1, -0.05) is 0 Å². The number of carbonyl (C=O) groups is 2. The highest BCUT2D eigenvalue weighted by atomic mass is 16.6. The predicted molar refractivity (Wildman–Crippen MR) is 51.2 cm³/mol. The Labute approximate surface area is 88.7 Å². The highest BCUT2D eigenvalue weighted by Crippen LogP contribution is 2.27. The summed E-state index contributed by atoms with van der Waals surface area (Å²) in [5.41, 5.74) is -0.587. The van der Waals surface area contributed by atoms with Crippen LogP contribution in [0.2, 0.25) is 0 Å². The van der Waals surface area contributed by atoms with Crippen LogP contribution in [0, 0.1) is 0 Å². The predicted octanol–water partition coefficient (Wildman–Crippen LogP) is 0.660. The highest BCUT2D eigenvalue weighted by molar-refractivity contribution is 5.66. The van der Waals surface area contributed by atoms with Crippen molar-refractivity contribution in [1.82, 2.24) is 0 Å². The van der Waals surface area contributed by atoms with Crippen molar-refractivity contribution in [3.8, 4) is 0 Å². The van der Waals surface area contributed by atoms with E-state index in [4.69, 9.17) is 14.2 Å². The summed E-state index contributed by atoms with van der Waals surface area (Å²) >= 11 is 0. The first-order valence-electron chi connectivity index (χ1n) is 4.86. The van der Waals surface area contributed by atoms with Crippen LogP contribution in [0.25, 0.3) is 0 Å². The van der Waals surface area contributed by atoms with Crippen molar-refractivity contribution in [2.45, 2.75) is 38.9 Å². The zero-order valence-corrected chi connectivity index (χ0v) is 9.24. The van der Waals surface area contributed by atoms with Gasteiger partial charge in [-0.15, -0.1) is 0 Å². The van der Waals surface area contributed by atoms with Crippen LogP contribution in [-0.4, -0.2) is 36.9 Å². The molecule has 1 rings (SSSR count). The molecule has 15 heavy (non-hydrogen) atoms. The molecule has 1 fully saturated rings. The number of esters is 2. The van der Waals surface area contributed by atoms with Crippen LogP contribution in [0.3, 0.4) is 0 Å². The normalized spacial score (nSPS) is 29.9.